The summed E-state index contributed by atoms with van der Waals surface area (Å²) in [5.74, 6) is -3.60. The lowest BCUT2D eigenvalue weighted by atomic mass is 9.68. The highest BCUT2D eigenvalue weighted by atomic mass is 16.6. The number of carboxylic acids is 2. The molecule has 0 aromatic heterocycles. The molecule has 1 aromatic carbocycles. The molecule has 3 atom stereocenters. The summed E-state index contributed by atoms with van der Waals surface area (Å²) < 4.78 is 11.0. The Kier molecular flexibility index (Phi) is 4.13. The number of carboxylic acid groups (broad SMARTS) is 2. The molecule has 10 nitrogen and oxygen atoms in total. The molecule has 11 heteroatoms. The third kappa shape index (κ3) is 3.10. The second kappa shape index (κ2) is 6.08. The van der Waals surface area contributed by atoms with Gasteiger partial charge in [0.15, 0.2) is 0 Å². The molecule has 2 unspecified atom stereocenters. The normalized spacial score (nSPS) is 27.4. The number of nitrogens with two attached hydrogens (primary N) is 1. The van der Waals surface area contributed by atoms with Gasteiger partial charge in [0.25, 0.3) is 0 Å². The molecule has 2 aliphatic heterocycles. The largest absolute Gasteiger partial charge is 0.669 e. The predicted molar refractivity (Wildman–Crippen MR) is 91.2 cm³/mol. The molecule has 28 heavy (non-hydrogen) atoms. The van der Waals surface area contributed by atoms with Crippen LogP contribution in [0.25, 0.3) is 0 Å². The fourth-order valence-corrected chi connectivity index (χ4v) is 4.04. The van der Waals surface area contributed by atoms with Gasteiger partial charge in [0.05, 0.1) is 28.8 Å². The maximum atomic E-state index is 11.7. The van der Waals surface area contributed by atoms with Crippen LogP contribution in [0.5, 0.6) is 11.5 Å². The van der Waals surface area contributed by atoms with E-state index in [1.54, 1.807) is 11.0 Å². The van der Waals surface area contributed by atoms with Crippen LogP contribution in [0, 0.1) is 0 Å². The van der Waals surface area contributed by atoms with Gasteiger partial charge in [-0.1, -0.05) is 18.3 Å². The number of fused-ring (bicyclic) bond motifs is 3. The summed E-state index contributed by atoms with van der Waals surface area (Å²) in [5, 5.41) is 42.8. The summed E-state index contributed by atoms with van der Waals surface area (Å²) in [6.07, 6.45) is 0.130. The van der Waals surface area contributed by atoms with Crippen molar-refractivity contribution in [3.8, 4) is 11.5 Å². The molecule has 0 bridgehead atoms. The van der Waals surface area contributed by atoms with Crippen LogP contribution in [0.4, 0.5) is 0 Å². The molecule has 152 valence electrons. The molecule has 0 amide bonds. The van der Waals surface area contributed by atoms with Crippen molar-refractivity contribution in [1.82, 2.24) is 4.90 Å². The number of hydrogen-bond acceptors (Lipinski definition) is 10. The van der Waals surface area contributed by atoms with Gasteiger partial charge in [0, 0.05) is 19.6 Å². The van der Waals surface area contributed by atoms with Gasteiger partial charge in [-0.15, -0.1) is 0 Å². The van der Waals surface area contributed by atoms with E-state index in [1.807, 2.05) is 0 Å². The SMILES string of the molecule is C[C@@](N)(CN1CC(Oc2ccc3c(c2C(=O)[O-])O[B-](O)(O)C2CC32)C1)C(=O)[O-]. The number of nitrogens with zero attached hydrogens (tertiary/aromatic N) is 1. The van der Waals surface area contributed by atoms with E-state index >= 15 is 0 Å². The van der Waals surface area contributed by atoms with E-state index in [0.717, 1.165) is 0 Å². The minimum absolute atomic E-state index is 0.00418. The van der Waals surface area contributed by atoms with Crippen molar-refractivity contribution in [1.29, 1.82) is 0 Å². The van der Waals surface area contributed by atoms with Gasteiger partial charge >= 0.3 is 6.75 Å². The quantitative estimate of drug-likeness (QED) is 0.419. The molecular formula is C17H20BN2O8-3. The van der Waals surface area contributed by atoms with Crippen LogP contribution >= 0.6 is 0 Å². The van der Waals surface area contributed by atoms with Gasteiger partial charge < -0.3 is 45.0 Å². The Morgan fingerprint density at radius 2 is 2.07 bits per heavy atom. The Morgan fingerprint density at radius 3 is 2.68 bits per heavy atom. The van der Waals surface area contributed by atoms with E-state index in [9.17, 15) is 29.9 Å². The van der Waals surface area contributed by atoms with E-state index in [1.165, 1.54) is 13.0 Å². The summed E-state index contributed by atoms with van der Waals surface area (Å²) in [5.41, 5.74) is 4.40. The Balaban J connectivity index is 1.50. The highest BCUT2D eigenvalue weighted by molar-refractivity contribution is 6.62. The molecule has 0 spiro atoms. The predicted octanol–water partition coefficient (Wildman–Crippen LogP) is -3.25. The van der Waals surface area contributed by atoms with E-state index in [0.29, 0.717) is 25.1 Å². The average Bonchev–Trinajstić information content (AvgIpc) is 3.33. The maximum absolute atomic E-state index is 11.7. The first-order chi connectivity index (χ1) is 13.0. The topological polar surface area (TPSA) is 168 Å². The van der Waals surface area contributed by atoms with Crippen molar-refractivity contribution in [2.45, 2.75) is 36.7 Å². The molecule has 0 radical (unpaired) electrons. The van der Waals surface area contributed by atoms with Crippen LogP contribution in [-0.4, -0.2) is 64.9 Å². The number of ether oxygens (including phenoxy) is 1. The second-order valence-electron chi connectivity index (χ2n) is 8.17. The zero-order valence-corrected chi connectivity index (χ0v) is 15.2. The highest BCUT2D eigenvalue weighted by Gasteiger charge is 2.55. The summed E-state index contributed by atoms with van der Waals surface area (Å²) in [7, 11) is 0. The fraction of sp³-hybridized carbons (Fsp3) is 0.529. The number of likely N-dealkylation sites (tertiary alicyclic amines) is 1. The molecule has 4 rings (SSSR count). The number of carbonyl (C=O) groups is 2. The summed E-state index contributed by atoms with van der Waals surface area (Å²) in [6.45, 7) is -1.00. The van der Waals surface area contributed by atoms with E-state index in [4.69, 9.17) is 15.1 Å². The van der Waals surface area contributed by atoms with Crippen LogP contribution in [0.15, 0.2) is 12.1 Å². The number of carbonyl (C=O) groups excluding carboxylic acids is 2. The van der Waals surface area contributed by atoms with Crippen molar-refractivity contribution >= 4 is 18.7 Å². The van der Waals surface area contributed by atoms with Crippen molar-refractivity contribution in [3.05, 3.63) is 23.3 Å². The number of aliphatic carboxylic acids is 1. The lowest BCUT2D eigenvalue weighted by molar-refractivity contribution is -0.313. The van der Waals surface area contributed by atoms with Crippen LogP contribution in [0.2, 0.25) is 5.82 Å². The van der Waals surface area contributed by atoms with Gasteiger partial charge in [-0.25, -0.2) is 0 Å². The van der Waals surface area contributed by atoms with E-state index < -0.39 is 30.0 Å². The number of benzene rings is 1. The Bertz CT molecular complexity index is 852. The van der Waals surface area contributed by atoms with Gasteiger partial charge in [-0.3, -0.25) is 4.90 Å². The number of aromatic carboxylic acids is 1. The summed E-state index contributed by atoms with van der Waals surface area (Å²) in [4.78, 5) is 24.4. The lowest BCUT2D eigenvalue weighted by Gasteiger charge is -2.43. The average molecular weight is 391 g/mol. The molecule has 2 heterocycles. The second-order valence-corrected chi connectivity index (χ2v) is 8.17. The molecule has 4 N–H and O–H groups in total. The Morgan fingerprint density at radius 1 is 1.39 bits per heavy atom. The van der Waals surface area contributed by atoms with Gasteiger partial charge in [0.2, 0.25) is 0 Å². The summed E-state index contributed by atoms with van der Waals surface area (Å²) in [6, 6.07) is 3.17. The van der Waals surface area contributed by atoms with Crippen LogP contribution in [0.1, 0.15) is 35.2 Å². The zero-order valence-electron chi connectivity index (χ0n) is 15.2. The minimum Gasteiger partial charge on any atom is -0.669 e. The molecule has 3 aliphatic rings. The first-order valence-corrected chi connectivity index (χ1v) is 9.05. The van der Waals surface area contributed by atoms with Crippen molar-refractivity contribution in [2.75, 3.05) is 19.6 Å². The standard InChI is InChI=1S/C17H22BN2O8/c1-17(19,16(23)24)7-20-5-8(6-20)27-12-3-2-9-10-4-11(10)18(25,26)28-14(9)13(12)15(21)22/h2-3,8,10-11,25-26H,4-7,19H2,1H3,(H,21,22)(H,23,24)/q-1/p-2/t10?,11?,17-/m1/s1. The lowest BCUT2D eigenvalue weighted by Crippen LogP contribution is -2.65. The third-order valence-electron chi connectivity index (χ3n) is 5.68. The van der Waals surface area contributed by atoms with Crippen LogP contribution in [0.3, 0.4) is 0 Å². The van der Waals surface area contributed by atoms with Gasteiger partial charge in [0.1, 0.15) is 11.9 Å². The summed E-state index contributed by atoms with van der Waals surface area (Å²) >= 11 is 0. The smallest absolute Gasteiger partial charge is 0.434 e. The molecule has 1 saturated heterocycles. The molecule has 1 aromatic rings. The van der Waals surface area contributed by atoms with Gasteiger partial charge in [-0.05, 0) is 24.5 Å². The molecule has 2 fully saturated rings. The number of rotatable bonds is 6. The van der Waals surface area contributed by atoms with Gasteiger partial charge in [-0.2, -0.15) is 0 Å². The Labute approximate surface area is 160 Å². The van der Waals surface area contributed by atoms with E-state index in [2.05, 4.69) is 0 Å². The number of hydrogen-bond donors (Lipinski definition) is 3. The first kappa shape index (κ1) is 19.0. The van der Waals surface area contributed by atoms with Crippen molar-refractivity contribution in [2.24, 2.45) is 5.73 Å². The third-order valence-corrected chi connectivity index (χ3v) is 5.68. The van der Waals surface area contributed by atoms with Crippen molar-refractivity contribution < 1.29 is 39.2 Å². The highest BCUT2D eigenvalue weighted by Crippen LogP contribution is 2.63. The van der Waals surface area contributed by atoms with E-state index in [-0.39, 0.29) is 35.6 Å². The van der Waals surface area contributed by atoms with Crippen LogP contribution < -0.4 is 25.3 Å². The minimum atomic E-state index is -3.13. The molecule has 1 saturated carbocycles. The first-order valence-electron chi connectivity index (χ1n) is 9.05. The van der Waals surface area contributed by atoms with Crippen molar-refractivity contribution in [3.63, 3.8) is 0 Å². The monoisotopic (exact) mass is 391 g/mol. The molecular weight excluding hydrogens is 371 g/mol. The zero-order chi connectivity index (χ0) is 20.4. The molecule has 1 aliphatic carbocycles. The van der Waals surface area contributed by atoms with Crippen LogP contribution in [-0.2, 0) is 4.79 Å². The maximum Gasteiger partial charge on any atom is 0.434 e. The fourth-order valence-electron chi connectivity index (χ4n) is 4.04. The Hall–Kier alpha value is -2.34.